The summed E-state index contributed by atoms with van der Waals surface area (Å²) in [6.45, 7) is 8.54. The van der Waals surface area contributed by atoms with E-state index < -0.39 is 10.2 Å². The van der Waals surface area contributed by atoms with Gasteiger partial charge in [-0.05, 0) is 20.3 Å². The summed E-state index contributed by atoms with van der Waals surface area (Å²) in [7, 11) is -3.34. The van der Waals surface area contributed by atoms with Gasteiger partial charge in [0.1, 0.15) is 0 Å². The Labute approximate surface area is 121 Å². The molecule has 1 aliphatic heterocycles. The predicted molar refractivity (Wildman–Crippen MR) is 81.2 cm³/mol. The van der Waals surface area contributed by atoms with Crippen LogP contribution in [-0.2, 0) is 10.2 Å². The van der Waals surface area contributed by atoms with Crippen molar-refractivity contribution in [2.75, 3.05) is 32.7 Å². The molecule has 3 N–H and O–H groups in total. The molecule has 0 aromatic heterocycles. The van der Waals surface area contributed by atoms with Gasteiger partial charge in [0.2, 0.25) is 0 Å². The average Bonchev–Trinajstić information content (AvgIpc) is 2.36. The van der Waals surface area contributed by atoms with Crippen molar-refractivity contribution >= 4 is 27.4 Å². The van der Waals surface area contributed by atoms with Crippen LogP contribution in [0.3, 0.4) is 0 Å². The molecule has 0 atom stereocenters. The Hall–Kier alpha value is -0.280. The highest BCUT2D eigenvalue weighted by molar-refractivity contribution is 7.87. The van der Waals surface area contributed by atoms with Gasteiger partial charge in [-0.25, -0.2) is 4.72 Å². The SMILES string of the molecule is CCCNS(=O)(=O)N1CCN(C(C)(C)C(N)=S)CC1. The maximum atomic E-state index is 12.0. The Kier molecular flexibility index (Phi) is 5.69. The quantitative estimate of drug-likeness (QED) is 0.671. The molecule has 1 saturated heterocycles. The number of hydrogen-bond acceptors (Lipinski definition) is 4. The van der Waals surface area contributed by atoms with E-state index in [-0.39, 0.29) is 5.54 Å². The monoisotopic (exact) mass is 308 g/mol. The van der Waals surface area contributed by atoms with E-state index in [1.165, 1.54) is 4.31 Å². The van der Waals surface area contributed by atoms with Crippen LogP contribution in [0.1, 0.15) is 27.2 Å². The van der Waals surface area contributed by atoms with E-state index in [4.69, 9.17) is 18.0 Å². The number of piperazine rings is 1. The molecule has 6 nitrogen and oxygen atoms in total. The zero-order valence-corrected chi connectivity index (χ0v) is 13.5. The van der Waals surface area contributed by atoms with Crippen LogP contribution in [0.2, 0.25) is 0 Å². The Balaban J connectivity index is 2.61. The molecule has 1 rings (SSSR count). The van der Waals surface area contributed by atoms with Gasteiger partial charge >= 0.3 is 0 Å². The van der Waals surface area contributed by atoms with Gasteiger partial charge in [-0.3, -0.25) is 4.90 Å². The smallest absolute Gasteiger partial charge is 0.279 e. The summed E-state index contributed by atoms with van der Waals surface area (Å²) >= 11 is 5.06. The zero-order valence-electron chi connectivity index (χ0n) is 11.8. The van der Waals surface area contributed by atoms with Gasteiger partial charge in [0.25, 0.3) is 10.2 Å². The molecule has 112 valence electrons. The van der Waals surface area contributed by atoms with Crippen LogP contribution in [0.4, 0.5) is 0 Å². The van der Waals surface area contributed by atoms with E-state index in [1.807, 2.05) is 20.8 Å². The molecule has 19 heavy (non-hydrogen) atoms. The molecule has 0 radical (unpaired) electrons. The molecule has 8 heteroatoms. The third-order valence-corrected chi connectivity index (χ3v) is 5.62. The van der Waals surface area contributed by atoms with Gasteiger partial charge in [-0.2, -0.15) is 12.7 Å². The first-order valence-electron chi connectivity index (χ1n) is 6.51. The molecule has 0 spiro atoms. The third kappa shape index (κ3) is 4.09. The lowest BCUT2D eigenvalue weighted by Gasteiger charge is -2.42. The first-order chi connectivity index (χ1) is 8.71. The summed E-state index contributed by atoms with van der Waals surface area (Å²) in [6.07, 6.45) is 0.785. The average molecular weight is 308 g/mol. The van der Waals surface area contributed by atoms with Crippen molar-refractivity contribution in [2.45, 2.75) is 32.7 Å². The summed E-state index contributed by atoms with van der Waals surface area (Å²) in [6, 6.07) is 0. The summed E-state index contributed by atoms with van der Waals surface area (Å²) in [4.78, 5) is 2.56. The highest BCUT2D eigenvalue weighted by atomic mass is 32.2. The Morgan fingerprint density at radius 2 is 1.84 bits per heavy atom. The second kappa shape index (κ2) is 6.45. The predicted octanol–water partition coefficient (Wildman–Crippen LogP) is -0.0869. The second-order valence-electron chi connectivity index (χ2n) is 5.21. The number of nitrogens with one attached hydrogen (secondary N) is 1. The summed E-state index contributed by atoms with van der Waals surface area (Å²) < 4.78 is 28.0. The third-order valence-electron chi connectivity index (χ3n) is 3.51. The van der Waals surface area contributed by atoms with Crippen LogP contribution in [0.25, 0.3) is 0 Å². The summed E-state index contributed by atoms with van der Waals surface area (Å²) in [5.74, 6) is 0. The molecule has 0 unspecified atom stereocenters. The first-order valence-corrected chi connectivity index (χ1v) is 8.36. The minimum absolute atomic E-state index is 0.373. The van der Waals surface area contributed by atoms with E-state index >= 15 is 0 Å². The van der Waals surface area contributed by atoms with Crippen molar-refractivity contribution in [1.82, 2.24) is 13.9 Å². The van der Waals surface area contributed by atoms with Crippen LogP contribution in [0, 0.1) is 0 Å². The molecule has 1 fully saturated rings. The van der Waals surface area contributed by atoms with Gasteiger partial charge in [0, 0.05) is 32.7 Å². The van der Waals surface area contributed by atoms with Crippen LogP contribution in [-0.4, -0.2) is 60.9 Å². The van der Waals surface area contributed by atoms with Gasteiger partial charge in [-0.1, -0.05) is 19.1 Å². The van der Waals surface area contributed by atoms with Crippen molar-refractivity contribution in [1.29, 1.82) is 0 Å². The Bertz CT molecular complexity index is 414. The molecule has 0 aromatic carbocycles. The van der Waals surface area contributed by atoms with Crippen LogP contribution < -0.4 is 10.5 Å². The lowest BCUT2D eigenvalue weighted by atomic mass is 10.0. The largest absolute Gasteiger partial charge is 0.392 e. The molecule has 0 bridgehead atoms. The van der Waals surface area contributed by atoms with Crippen molar-refractivity contribution < 1.29 is 8.42 Å². The molecule has 1 heterocycles. The normalized spacial score (nSPS) is 19.5. The van der Waals surface area contributed by atoms with Crippen molar-refractivity contribution in [3.63, 3.8) is 0 Å². The van der Waals surface area contributed by atoms with Crippen molar-refractivity contribution in [3.05, 3.63) is 0 Å². The highest BCUT2D eigenvalue weighted by Crippen LogP contribution is 2.18. The first kappa shape index (κ1) is 16.8. The van der Waals surface area contributed by atoms with Crippen LogP contribution >= 0.6 is 12.2 Å². The van der Waals surface area contributed by atoms with E-state index in [0.717, 1.165) is 6.42 Å². The van der Waals surface area contributed by atoms with E-state index in [2.05, 4.69) is 9.62 Å². The minimum Gasteiger partial charge on any atom is -0.392 e. The van der Waals surface area contributed by atoms with Crippen LogP contribution in [0.15, 0.2) is 0 Å². The van der Waals surface area contributed by atoms with Crippen molar-refractivity contribution in [3.8, 4) is 0 Å². The fourth-order valence-corrected chi connectivity index (χ4v) is 3.38. The fraction of sp³-hybridized carbons (Fsp3) is 0.909. The molecule has 0 aromatic rings. The number of hydrogen-bond donors (Lipinski definition) is 2. The van der Waals surface area contributed by atoms with E-state index in [1.54, 1.807) is 0 Å². The Morgan fingerprint density at radius 3 is 2.26 bits per heavy atom. The number of nitrogens with two attached hydrogens (primary N) is 1. The second-order valence-corrected chi connectivity index (χ2v) is 7.40. The standard InChI is InChI=1S/C11H24N4O2S2/c1-4-5-13-19(16,17)15-8-6-14(7-9-15)11(2,3)10(12)18/h13H,4-9H2,1-3H3,(H2,12,18). The van der Waals surface area contributed by atoms with Gasteiger partial charge in [0.05, 0.1) is 10.5 Å². The molecular weight excluding hydrogens is 284 g/mol. The minimum atomic E-state index is -3.34. The molecule has 0 amide bonds. The van der Waals surface area contributed by atoms with Crippen molar-refractivity contribution in [2.24, 2.45) is 5.73 Å². The maximum absolute atomic E-state index is 12.0. The highest BCUT2D eigenvalue weighted by Gasteiger charge is 2.35. The lowest BCUT2D eigenvalue weighted by molar-refractivity contribution is 0.123. The topological polar surface area (TPSA) is 78.7 Å². The number of thiocarbonyl (C=S) groups is 1. The van der Waals surface area contributed by atoms with Crippen LogP contribution in [0.5, 0.6) is 0 Å². The molecule has 1 aliphatic rings. The zero-order chi connectivity index (χ0) is 14.7. The lowest BCUT2D eigenvalue weighted by Crippen LogP contribution is -2.60. The number of nitrogens with zero attached hydrogens (tertiary/aromatic N) is 2. The summed E-state index contributed by atoms with van der Waals surface area (Å²) in [5.41, 5.74) is 5.36. The van der Waals surface area contributed by atoms with Gasteiger partial charge in [0.15, 0.2) is 0 Å². The van der Waals surface area contributed by atoms with E-state index in [0.29, 0.717) is 37.7 Å². The summed E-state index contributed by atoms with van der Waals surface area (Å²) in [5, 5.41) is 0. The Morgan fingerprint density at radius 1 is 1.32 bits per heavy atom. The molecule has 0 aliphatic carbocycles. The van der Waals surface area contributed by atoms with E-state index in [9.17, 15) is 8.42 Å². The van der Waals surface area contributed by atoms with Gasteiger partial charge in [-0.15, -0.1) is 0 Å². The maximum Gasteiger partial charge on any atom is 0.279 e. The fourth-order valence-electron chi connectivity index (χ4n) is 1.97. The molecule has 0 saturated carbocycles. The molecular formula is C11H24N4O2S2. The van der Waals surface area contributed by atoms with Gasteiger partial charge < -0.3 is 5.73 Å². The number of rotatable bonds is 6.